The smallest absolute Gasteiger partial charge is 0.330 e. The van der Waals surface area contributed by atoms with Crippen LogP contribution in [0.25, 0.3) is 10.8 Å². The van der Waals surface area contributed by atoms with Crippen LogP contribution in [0.1, 0.15) is 54.4 Å². The summed E-state index contributed by atoms with van der Waals surface area (Å²) < 4.78 is 1.58. The molecule has 0 spiro atoms. The van der Waals surface area contributed by atoms with E-state index in [-0.39, 0.29) is 17.9 Å². The Morgan fingerprint density at radius 2 is 1.59 bits per heavy atom. The first kappa shape index (κ1) is 28.7. The van der Waals surface area contributed by atoms with Gasteiger partial charge in [0.05, 0.1) is 12.0 Å². The van der Waals surface area contributed by atoms with Crippen molar-refractivity contribution in [3.05, 3.63) is 99.0 Å². The number of piperazine rings is 1. The van der Waals surface area contributed by atoms with Crippen LogP contribution < -0.4 is 21.5 Å². The second-order valence-corrected chi connectivity index (χ2v) is 13.9. The largest absolute Gasteiger partial charge is 0.354 e. The van der Waals surface area contributed by atoms with Crippen LogP contribution in [0.4, 0.5) is 11.5 Å². The van der Waals surface area contributed by atoms with E-state index < -0.39 is 11.2 Å². The number of H-pyrrole nitrogens is 1. The monoisotopic (exact) mass is 618 g/mol. The molecule has 4 aromatic rings. The molecule has 0 radical (unpaired) electrons. The lowest BCUT2D eigenvalue weighted by atomic mass is 9.49. The maximum Gasteiger partial charge on any atom is 0.330 e. The molecule has 2 aromatic carbocycles. The summed E-state index contributed by atoms with van der Waals surface area (Å²) in [5.41, 5.74) is 0.964. The van der Waals surface area contributed by atoms with Gasteiger partial charge >= 0.3 is 5.69 Å². The van der Waals surface area contributed by atoms with Gasteiger partial charge in [-0.15, -0.1) is 0 Å². The number of rotatable bonds is 6. The van der Waals surface area contributed by atoms with Gasteiger partial charge in [0, 0.05) is 61.3 Å². The van der Waals surface area contributed by atoms with Gasteiger partial charge in [-0.3, -0.25) is 28.9 Å². The molecule has 236 valence electrons. The molecular weight excluding hydrogens is 580 g/mol. The molecular formula is C36H38N6O4. The van der Waals surface area contributed by atoms with E-state index in [1.807, 2.05) is 52.3 Å². The van der Waals surface area contributed by atoms with E-state index in [9.17, 15) is 19.2 Å². The molecule has 10 nitrogen and oxygen atoms in total. The van der Waals surface area contributed by atoms with Crippen molar-refractivity contribution in [2.24, 2.45) is 23.2 Å². The van der Waals surface area contributed by atoms with Gasteiger partial charge in [0.15, 0.2) is 0 Å². The summed E-state index contributed by atoms with van der Waals surface area (Å²) >= 11 is 0. The first-order chi connectivity index (χ1) is 22.3. The van der Waals surface area contributed by atoms with Gasteiger partial charge in [-0.05, 0) is 91.5 Å². The molecule has 0 atom stereocenters. The molecule has 9 rings (SSSR count). The number of nitrogens with one attached hydrogen (secondary N) is 2. The zero-order valence-corrected chi connectivity index (χ0v) is 25.8. The molecule has 3 heterocycles. The predicted molar refractivity (Wildman–Crippen MR) is 176 cm³/mol. The molecule has 4 saturated carbocycles. The Morgan fingerprint density at radius 1 is 0.891 bits per heavy atom. The van der Waals surface area contributed by atoms with Crippen molar-refractivity contribution in [3.8, 4) is 0 Å². The highest BCUT2D eigenvalue weighted by molar-refractivity contribution is 6.12. The minimum absolute atomic E-state index is 0.166. The van der Waals surface area contributed by atoms with E-state index in [2.05, 4.69) is 15.3 Å². The summed E-state index contributed by atoms with van der Waals surface area (Å²) in [5, 5.41) is 4.68. The minimum Gasteiger partial charge on any atom is -0.354 e. The van der Waals surface area contributed by atoms with E-state index in [4.69, 9.17) is 0 Å². The van der Waals surface area contributed by atoms with E-state index >= 15 is 0 Å². The van der Waals surface area contributed by atoms with Crippen molar-refractivity contribution in [3.63, 3.8) is 0 Å². The SMILES string of the molecule is O=C(Nc1ccc(Cn2c(N3CCN(C(=O)C45CC6CC(CC(C6)C4)C5)CC3)cc(=O)[nH]c2=O)cc1)c1cccc2cnccc12. The molecule has 4 bridgehead atoms. The van der Waals surface area contributed by atoms with E-state index in [1.54, 1.807) is 23.0 Å². The van der Waals surface area contributed by atoms with Crippen molar-refractivity contribution in [1.29, 1.82) is 0 Å². The van der Waals surface area contributed by atoms with Gasteiger partial charge in [-0.1, -0.05) is 24.3 Å². The summed E-state index contributed by atoms with van der Waals surface area (Å²) in [4.78, 5) is 63.1. The Labute approximate surface area is 266 Å². The Morgan fingerprint density at radius 3 is 2.28 bits per heavy atom. The average molecular weight is 619 g/mol. The number of anilines is 2. The lowest BCUT2D eigenvalue weighted by Gasteiger charge is -2.57. The number of amides is 2. The van der Waals surface area contributed by atoms with Crippen LogP contribution in [0.2, 0.25) is 0 Å². The van der Waals surface area contributed by atoms with Crippen molar-refractivity contribution in [2.75, 3.05) is 36.4 Å². The molecule has 2 amide bonds. The number of carbonyl (C=O) groups excluding carboxylic acids is 2. The number of carbonyl (C=O) groups is 2. The molecule has 4 aliphatic carbocycles. The highest BCUT2D eigenvalue weighted by Gasteiger charge is 2.55. The third kappa shape index (κ3) is 5.19. The third-order valence-electron chi connectivity index (χ3n) is 10.9. The highest BCUT2D eigenvalue weighted by Crippen LogP contribution is 2.60. The molecule has 5 fully saturated rings. The number of benzene rings is 2. The van der Waals surface area contributed by atoms with Gasteiger partial charge < -0.3 is 15.1 Å². The van der Waals surface area contributed by atoms with Crippen molar-refractivity contribution < 1.29 is 9.59 Å². The number of aromatic amines is 1. The Hall–Kier alpha value is -4.73. The fourth-order valence-corrected chi connectivity index (χ4v) is 9.16. The lowest BCUT2D eigenvalue weighted by molar-refractivity contribution is -0.158. The first-order valence-electron chi connectivity index (χ1n) is 16.5. The molecule has 0 unspecified atom stereocenters. The standard InChI is InChI=1S/C36H38N6O4/c43-31-17-32(40-10-12-41(13-11-40)34(45)36-18-24-14-25(19-36)16-26(15-24)20-36)42(35(46)39-31)22-23-4-6-28(7-5-23)38-33(44)30-3-1-2-27-21-37-9-8-29(27)30/h1-9,17,21,24-26H,10-16,18-20,22H2,(H,38,44)(H,39,43,46). The lowest BCUT2D eigenvalue weighted by Crippen LogP contribution is -2.58. The second kappa shape index (κ2) is 11.3. The predicted octanol–water partition coefficient (Wildman–Crippen LogP) is 4.25. The van der Waals surface area contributed by atoms with Crippen molar-refractivity contribution >= 4 is 34.1 Å². The minimum atomic E-state index is -0.475. The number of fused-ring (bicyclic) bond motifs is 1. The van der Waals surface area contributed by atoms with Crippen LogP contribution in [0.3, 0.4) is 0 Å². The first-order valence-corrected chi connectivity index (χ1v) is 16.5. The summed E-state index contributed by atoms with van der Waals surface area (Å²) in [6, 6.07) is 16.2. The number of hydrogen-bond acceptors (Lipinski definition) is 6. The van der Waals surface area contributed by atoms with Crippen LogP contribution in [0.5, 0.6) is 0 Å². The fourth-order valence-electron chi connectivity index (χ4n) is 9.16. The van der Waals surface area contributed by atoms with Crippen molar-refractivity contribution in [1.82, 2.24) is 19.4 Å². The van der Waals surface area contributed by atoms with Crippen LogP contribution in [0.15, 0.2) is 76.6 Å². The maximum absolute atomic E-state index is 13.9. The zero-order valence-electron chi connectivity index (χ0n) is 25.8. The van der Waals surface area contributed by atoms with E-state index in [0.717, 1.165) is 35.6 Å². The Bertz CT molecular complexity index is 1900. The fraction of sp³-hybridized carbons (Fsp3) is 0.417. The number of nitrogens with zero attached hydrogens (tertiary/aromatic N) is 4. The highest BCUT2D eigenvalue weighted by atomic mass is 16.2. The molecule has 2 N–H and O–H groups in total. The van der Waals surface area contributed by atoms with Crippen LogP contribution >= 0.6 is 0 Å². The third-order valence-corrected chi connectivity index (χ3v) is 10.9. The quantitative estimate of drug-likeness (QED) is 0.334. The number of aromatic nitrogens is 3. The second-order valence-electron chi connectivity index (χ2n) is 13.9. The summed E-state index contributed by atoms with van der Waals surface area (Å²) in [6.07, 6.45) is 10.5. The summed E-state index contributed by atoms with van der Waals surface area (Å²) in [7, 11) is 0. The van der Waals surface area contributed by atoms with Crippen LogP contribution in [-0.4, -0.2) is 57.4 Å². The number of hydrogen-bond donors (Lipinski definition) is 2. The average Bonchev–Trinajstić information content (AvgIpc) is 3.05. The molecule has 10 heteroatoms. The summed E-state index contributed by atoms with van der Waals surface area (Å²) in [5.74, 6) is 2.82. The normalized spacial score (nSPS) is 25.2. The van der Waals surface area contributed by atoms with Gasteiger partial charge in [0.2, 0.25) is 5.91 Å². The van der Waals surface area contributed by atoms with E-state index in [0.29, 0.717) is 66.9 Å². The molecule has 5 aliphatic rings. The molecule has 2 aromatic heterocycles. The molecule has 1 saturated heterocycles. The number of pyridine rings is 1. The van der Waals surface area contributed by atoms with Gasteiger partial charge in [-0.25, -0.2) is 4.79 Å². The van der Waals surface area contributed by atoms with Crippen LogP contribution in [-0.2, 0) is 11.3 Å². The Balaban J connectivity index is 0.954. The topological polar surface area (TPSA) is 120 Å². The molecule has 46 heavy (non-hydrogen) atoms. The van der Waals surface area contributed by atoms with Crippen LogP contribution in [0, 0.1) is 23.2 Å². The van der Waals surface area contributed by atoms with Gasteiger partial charge in [0.25, 0.3) is 11.5 Å². The van der Waals surface area contributed by atoms with E-state index in [1.165, 1.54) is 25.3 Å². The zero-order chi connectivity index (χ0) is 31.4. The Kier molecular flexibility index (Phi) is 7.03. The van der Waals surface area contributed by atoms with Crippen molar-refractivity contribution in [2.45, 2.75) is 45.1 Å². The van der Waals surface area contributed by atoms with Gasteiger partial charge in [0.1, 0.15) is 5.82 Å². The summed E-state index contributed by atoms with van der Waals surface area (Å²) in [6.45, 7) is 2.56. The molecule has 1 aliphatic heterocycles. The van der Waals surface area contributed by atoms with Gasteiger partial charge in [-0.2, -0.15) is 0 Å². The maximum atomic E-state index is 13.9.